The molecule has 2 aromatic carbocycles. The molecule has 1 atom stereocenters. The zero-order valence-electron chi connectivity index (χ0n) is 11.3. The molecule has 0 bridgehead atoms. The maximum absolute atomic E-state index is 12.4. The molecule has 108 valence electrons. The van der Waals surface area contributed by atoms with Crippen LogP contribution in [-0.2, 0) is 0 Å². The molecule has 0 aliphatic heterocycles. The van der Waals surface area contributed by atoms with Crippen LogP contribution in [0.25, 0.3) is 0 Å². The van der Waals surface area contributed by atoms with Gasteiger partial charge in [-0.05, 0) is 28.9 Å². The van der Waals surface area contributed by atoms with Crippen LogP contribution in [-0.4, -0.2) is 16.0 Å². The first-order valence-electron chi connectivity index (χ1n) is 6.23. The average Bonchev–Trinajstić information content (AvgIpc) is 2.47. The van der Waals surface area contributed by atoms with E-state index in [0.717, 1.165) is 6.07 Å². The molecule has 21 heavy (non-hydrogen) atoms. The lowest BCUT2D eigenvalue weighted by molar-refractivity contribution is 0.0963. The van der Waals surface area contributed by atoms with Gasteiger partial charge in [-0.2, -0.15) is 0 Å². The van der Waals surface area contributed by atoms with Crippen LogP contribution in [0, 0.1) is 4.91 Å². The maximum Gasteiger partial charge on any atom is 0.173 e. The molecule has 6 nitrogen and oxygen atoms in total. The monoisotopic (exact) mass is 286 g/mol. The molecule has 0 saturated heterocycles. The number of aromatic hydroxyl groups is 2. The van der Waals surface area contributed by atoms with E-state index in [1.807, 2.05) is 0 Å². The molecule has 0 aliphatic carbocycles. The van der Waals surface area contributed by atoms with Gasteiger partial charge in [-0.15, -0.1) is 4.91 Å². The predicted molar refractivity (Wildman–Crippen MR) is 78.8 cm³/mol. The summed E-state index contributed by atoms with van der Waals surface area (Å²) in [7, 11) is 0. The molecule has 0 saturated carbocycles. The lowest BCUT2D eigenvalue weighted by Crippen LogP contribution is -2.10. The fourth-order valence-electron chi connectivity index (χ4n) is 2.02. The maximum atomic E-state index is 12.4. The Morgan fingerprint density at radius 3 is 2.38 bits per heavy atom. The Morgan fingerprint density at radius 2 is 1.81 bits per heavy atom. The van der Waals surface area contributed by atoms with Gasteiger partial charge in [-0.25, -0.2) is 0 Å². The van der Waals surface area contributed by atoms with Gasteiger partial charge in [0.25, 0.3) is 0 Å². The number of ketones is 1. The van der Waals surface area contributed by atoms with E-state index in [4.69, 9.17) is 5.73 Å². The highest BCUT2D eigenvalue weighted by Crippen LogP contribution is 2.33. The van der Waals surface area contributed by atoms with Gasteiger partial charge in [0.15, 0.2) is 5.78 Å². The largest absolute Gasteiger partial charge is 0.508 e. The number of carbonyl (C=O) groups is 1. The molecule has 2 rings (SSSR count). The number of carbonyl (C=O) groups excluding carboxylic acids is 1. The summed E-state index contributed by atoms with van der Waals surface area (Å²) in [4.78, 5) is 23.1. The normalized spacial score (nSPS) is 11.9. The molecule has 0 amide bonds. The minimum Gasteiger partial charge on any atom is -0.508 e. The van der Waals surface area contributed by atoms with Crippen molar-refractivity contribution in [2.45, 2.75) is 12.8 Å². The fraction of sp³-hybridized carbons (Fsp3) is 0.133. The van der Waals surface area contributed by atoms with E-state index in [1.54, 1.807) is 19.1 Å². The van der Waals surface area contributed by atoms with Crippen LogP contribution in [0.1, 0.15) is 28.8 Å². The number of anilines is 1. The van der Waals surface area contributed by atoms with Crippen LogP contribution in [0.5, 0.6) is 11.5 Å². The van der Waals surface area contributed by atoms with E-state index >= 15 is 0 Å². The van der Waals surface area contributed by atoms with Crippen LogP contribution in [0.2, 0.25) is 0 Å². The summed E-state index contributed by atoms with van der Waals surface area (Å²) < 4.78 is 0. The van der Waals surface area contributed by atoms with Gasteiger partial charge in [-0.1, -0.05) is 19.1 Å². The second-order valence-corrected chi connectivity index (χ2v) is 4.70. The molecule has 0 aliphatic rings. The van der Waals surface area contributed by atoms with Crippen LogP contribution >= 0.6 is 0 Å². The quantitative estimate of drug-likeness (QED) is 0.454. The van der Waals surface area contributed by atoms with Crippen LogP contribution in [0.4, 0.5) is 11.4 Å². The van der Waals surface area contributed by atoms with Gasteiger partial charge in [0.1, 0.15) is 17.2 Å². The van der Waals surface area contributed by atoms with Gasteiger partial charge in [0, 0.05) is 12.0 Å². The number of phenols is 2. The van der Waals surface area contributed by atoms with Crippen molar-refractivity contribution in [2.75, 3.05) is 5.73 Å². The SMILES string of the molecule is CC(C(=O)c1cc(N=O)c(N)cc1O)c1ccc(O)cc1. The van der Waals surface area contributed by atoms with E-state index in [2.05, 4.69) is 5.18 Å². The summed E-state index contributed by atoms with van der Waals surface area (Å²) in [6.07, 6.45) is 0. The van der Waals surface area contributed by atoms with Crippen molar-refractivity contribution in [1.82, 2.24) is 0 Å². The number of Topliss-reactive ketones (excluding diaryl/α,β-unsaturated/α-hetero) is 1. The number of nitrogens with two attached hydrogens (primary N) is 1. The summed E-state index contributed by atoms with van der Waals surface area (Å²) in [5, 5.41) is 21.8. The molecule has 0 heterocycles. The number of rotatable bonds is 4. The number of nitroso groups, excluding NO2 is 1. The molecule has 0 spiro atoms. The van der Waals surface area contributed by atoms with Crippen molar-refractivity contribution < 1.29 is 15.0 Å². The van der Waals surface area contributed by atoms with Crippen molar-refractivity contribution in [3.05, 3.63) is 52.4 Å². The first kappa shape index (κ1) is 14.5. The zero-order chi connectivity index (χ0) is 15.6. The lowest BCUT2D eigenvalue weighted by Gasteiger charge is -2.13. The average molecular weight is 286 g/mol. The standard InChI is InChI=1S/C15H14N2O4/c1-8(9-2-4-10(18)5-3-9)15(20)11-6-13(17-21)12(16)7-14(11)19/h2-8,18-19H,16H2,1H3. The van der Waals surface area contributed by atoms with Crippen LogP contribution < -0.4 is 5.73 Å². The van der Waals surface area contributed by atoms with Gasteiger partial charge in [0.2, 0.25) is 0 Å². The molecule has 0 fully saturated rings. The number of phenolic OH excluding ortho intramolecular Hbond substituents is 2. The van der Waals surface area contributed by atoms with Crippen molar-refractivity contribution in [2.24, 2.45) is 5.18 Å². The van der Waals surface area contributed by atoms with Crippen LogP contribution in [0.3, 0.4) is 0 Å². The molecular weight excluding hydrogens is 272 g/mol. The van der Waals surface area contributed by atoms with E-state index < -0.39 is 5.92 Å². The van der Waals surface area contributed by atoms with Crippen LogP contribution in [0.15, 0.2) is 41.6 Å². The third-order valence-corrected chi connectivity index (χ3v) is 3.30. The summed E-state index contributed by atoms with van der Waals surface area (Å²) in [5.74, 6) is -1.13. The van der Waals surface area contributed by atoms with E-state index in [0.29, 0.717) is 5.56 Å². The molecule has 0 aromatic heterocycles. The van der Waals surface area contributed by atoms with Gasteiger partial charge < -0.3 is 15.9 Å². The Bertz CT molecular complexity index is 696. The molecule has 0 radical (unpaired) electrons. The number of benzene rings is 2. The minimum absolute atomic E-state index is 0.0105. The number of hydrogen-bond acceptors (Lipinski definition) is 6. The Balaban J connectivity index is 2.39. The zero-order valence-corrected chi connectivity index (χ0v) is 11.3. The molecule has 4 N–H and O–H groups in total. The summed E-state index contributed by atoms with van der Waals surface area (Å²) in [5.41, 5.74) is 6.09. The number of nitrogen functional groups attached to an aromatic ring is 1. The second kappa shape index (κ2) is 5.62. The molecular formula is C15H14N2O4. The number of nitrogens with zero attached hydrogens (tertiary/aromatic N) is 1. The topological polar surface area (TPSA) is 113 Å². The van der Waals surface area contributed by atoms with Gasteiger partial charge in [0.05, 0.1) is 11.3 Å². The highest BCUT2D eigenvalue weighted by atomic mass is 16.3. The third kappa shape index (κ3) is 2.84. The van der Waals surface area contributed by atoms with Crippen molar-refractivity contribution in [3.8, 4) is 11.5 Å². The first-order chi connectivity index (χ1) is 9.93. The Labute approximate surface area is 120 Å². The van der Waals surface area contributed by atoms with Crippen molar-refractivity contribution in [1.29, 1.82) is 0 Å². The fourth-order valence-corrected chi connectivity index (χ4v) is 2.02. The molecule has 2 aromatic rings. The highest BCUT2D eigenvalue weighted by Gasteiger charge is 2.22. The van der Waals surface area contributed by atoms with Crippen molar-refractivity contribution in [3.63, 3.8) is 0 Å². The minimum atomic E-state index is -0.556. The summed E-state index contributed by atoms with van der Waals surface area (Å²) in [6.45, 7) is 1.67. The smallest absolute Gasteiger partial charge is 0.173 e. The van der Waals surface area contributed by atoms with E-state index in [1.165, 1.54) is 18.2 Å². The molecule has 1 unspecified atom stereocenters. The highest BCUT2D eigenvalue weighted by molar-refractivity contribution is 6.04. The van der Waals surface area contributed by atoms with E-state index in [9.17, 15) is 19.9 Å². The van der Waals surface area contributed by atoms with Crippen molar-refractivity contribution >= 4 is 17.2 Å². The lowest BCUT2D eigenvalue weighted by atomic mass is 9.91. The molecule has 6 heteroatoms. The number of hydrogen-bond donors (Lipinski definition) is 3. The van der Waals surface area contributed by atoms with Gasteiger partial charge >= 0.3 is 0 Å². The third-order valence-electron chi connectivity index (χ3n) is 3.30. The second-order valence-electron chi connectivity index (χ2n) is 4.70. The van der Waals surface area contributed by atoms with E-state index in [-0.39, 0.29) is 34.2 Å². The Kier molecular flexibility index (Phi) is 3.89. The first-order valence-corrected chi connectivity index (χ1v) is 6.23. The van der Waals surface area contributed by atoms with Gasteiger partial charge in [-0.3, -0.25) is 4.79 Å². The summed E-state index contributed by atoms with van der Waals surface area (Å²) in [6, 6.07) is 8.49. The Hall–Kier alpha value is -2.89. The summed E-state index contributed by atoms with van der Waals surface area (Å²) >= 11 is 0. The Morgan fingerprint density at radius 1 is 1.19 bits per heavy atom. The predicted octanol–water partition coefficient (Wildman–Crippen LogP) is 3.06.